The van der Waals surface area contributed by atoms with Crippen molar-refractivity contribution in [3.63, 3.8) is 0 Å². The Bertz CT molecular complexity index is 193. The minimum atomic E-state index is -0.778. The Morgan fingerprint density at radius 1 is 1.71 bits per heavy atom. The smallest absolute Gasteiger partial charge is 0.242 e. The third-order valence-electron chi connectivity index (χ3n) is 2.32. The van der Waals surface area contributed by atoms with Crippen molar-refractivity contribution < 1.29 is 9.53 Å². The number of hydrogen-bond donors (Lipinski definition) is 2. The van der Waals surface area contributed by atoms with Crippen LogP contribution in [-0.2, 0) is 9.53 Å². The lowest BCUT2D eigenvalue weighted by Gasteiger charge is -2.20. The number of nitrogens with two attached hydrogens (primary N) is 1. The van der Waals surface area contributed by atoms with Crippen LogP contribution in [0.3, 0.4) is 0 Å². The van der Waals surface area contributed by atoms with Gasteiger partial charge >= 0.3 is 0 Å². The number of rotatable bonds is 5. The molecule has 0 bridgehead atoms. The van der Waals surface area contributed by atoms with E-state index >= 15 is 0 Å². The van der Waals surface area contributed by atoms with Crippen LogP contribution in [-0.4, -0.2) is 43.2 Å². The number of nitrogens with one attached hydrogen (secondary N) is 1. The molecular formula is C9H18N2O2S. The fraction of sp³-hybridized carbons (Fsp3) is 0.889. The molecule has 1 atom stereocenters. The zero-order chi connectivity index (χ0) is 10.4. The SMILES string of the molecule is CSCCCNC(=O)C1(N)CCOC1. The van der Waals surface area contributed by atoms with E-state index < -0.39 is 5.54 Å². The fourth-order valence-corrected chi connectivity index (χ4v) is 1.79. The molecule has 1 heterocycles. The van der Waals surface area contributed by atoms with Crippen LogP contribution < -0.4 is 11.1 Å². The fourth-order valence-electron chi connectivity index (χ4n) is 1.35. The van der Waals surface area contributed by atoms with Crippen molar-refractivity contribution >= 4 is 17.7 Å². The first-order valence-electron chi connectivity index (χ1n) is 4.83. The Labute approximate surface area is 88.9 Å². The van der Waals surface area contributed by atoms with Crippen LogP contribution >= 0.6 is 11.8 Å². The van der Waals surface area contributed by atoms with Crippen LogP contribution in [0.2, 0.25) is 0 Å². The Kier molecular flexibility index (Phi) is 4.71. The summed E-state index contributed by atoms with van der Waals surface area (Å²) in [6.45, 7) is 1.65. The van der Waals surface area contributed by atoms with Gasteiger partial charge in [-0.05, 0) is 24.9 Å². The molecule has 5 heteroatoms. The highest BCUT2D eigenvalue weighted by atomic mass is 32.2. The van der Waals surface area contributed by atoms with Gasteiger partial charge in [0.05, 0.1) is 6.61 Å². The lowest BCUT2D eigenvalue weighted by molar-refractivity contribution is -0.126. The molecule has 1 unspecified atom stereocenters. The first-order chi connectivity index (χ1) is 6.69. The van der Waals surface area contributed by atoms with Gasteiger partial charge in [0.2, 0.25) is 5.91 Å². The van der Waals surface area contributed by atoms with Gasteiger partial charge in [-0.3, -0.25) is 4.79 Å². The average Bonchev–Trinajstić information content (AvgIpc) is 2.61. The van der Waals surface area contributed by atoms with Gasteiger partial charge in [0.25, 0.3) is 0 Å². The monoisotopic (exact) mass is 218 g/mol. The molecule has 82 valence electrons. The number of carbonyl (C=O) groups excluding carboxylic acids is 1. The summed E-state index contributed by atoms with van der Waals surface area (Å²) in [5.41, 5.74) is 5.10. The molecule has 1 saturated heterocycles. The van der Waals surface area contributed by atoms with Crippen molar-refractivity contribution in [1.82, 2.24) is 5.32 Å². The van der Waals surface area contributed by atoms with Gasteiger partial charge in [-0.15, -0.1) is 0 Å². The number of amides is 1. The molecule has 0 radical (unpaired) electrons. The van der Waals surface area contributed by atoms with Gasteiger partial charge in [0.15, 0.2) is 0 Å². The summed E-state index contributed by atoms with van der Waals surface area (Å²) in [7, 11) is 0. The normalized spacial score (nSPS) is 26.4. The highest BCUT2D eigenvalue weighted by molar-refractivity contribution is 7.98. The van der Waals surface area contributed by atoms with Crippen LogP contribution in [0.15, 0.2) is 0 Å². The van der Waals surface area contributed by atoms with Crippen molar-refractivity contribution in [3.05, 3.63) is 0 Å². The van der Waals surface area contributed by atoms with Gasteiger partial charge in [-0.1, -0.05) is 0 Å². The molecule has 0 saturated carbocycles. The quantitative estimate of drug-likeness (QED) is 0.636. The van der Waals surface area contributed by atoms with E-state index in [1.807, 2.05) is 0 Å². The van der Waals surface area contributed by atoms with E-state index in [4.69, 9.17) is 10.5 Å². The predicted octanol–water partition coefficient (Wildman–Crippen LogP) is -0.0265. The molecule has 0 aromatic carbocycles. The molecule has 1 aliphatic heterocycles. The van der Waals surface area contributed by atoms with E-state index in [2.05, 4.69) is 11.6 Å². The number of thioether (sulfide) groups is 1. The summed E-state index contributed by atoms with van der Waals surface area (Å²) >= 11 is 1.78. The van der Waals surface area contributed by atoms with Crippen molar-refractivity contribution in [3.8, 4) is 0 Å². The summed E-state index contributed by atoms with van der Waals surface area (Å²) < 4.78 is 5.12. The molecule has 1 fully saturated rings. The third kappa shape index (κ3) is 3.15. The minimum Gasteiger partial charge on any atom is -0.379 e. The predicted molar refractivity (Wildman–Crippen MR) is 58.4 cm³/mol. The average molecular weight is 218 g/mol. The lowest BCUT2D eigenvalue weighted by atomic mass is 9.99. The second kappa shape index (κ2) is 5.58. The van der Waals surface area contributed by atoms with Crippen LogP contribution in [0, 0.1) is 0 Å². The molecule has 14 heavy (non-hydrogen) atoms. The maximum atomic E-state index is 11.6. The van der Waals surface area contributed by atoms with Gasteiger partial charge in [-0.25, -0.2) is 0 Å². The second-order valence-electron chi connectivity index (χ2n) is 3.56. The summed E-state index contributed by atoms with van der Waals surface area (Å²) in [6, 6.07) is 0. The van der Waals surface area contributed by atoms with Crippen molar-refractivity contribution in [2.24, 2.45) is 5.73 Å². The second-order valence-corrected chi connectivity index (χ2v) is 4.55. The Morgan fingerprint density at radius 3 is 3.07 bits per heavy atom. The molecular weight excluding hydrogens is 200 g/mol. The molecule has 0 aromatic rings. The van der Waals surface area contributed by atoms with E-state index in [0.717, 1.165) is 12.2 Å². The van der Waals surface area contributed by atoms with Gasteiger partial charge < -0.3 is 15.8 Å². The largest absolute Gasteiger partial charge is 0.379 e. The molecule has 0 aliphatic carbocycles. The van der Waals surface area contributed by atoms with Crippen molar-refractivity contribution in [2.45, 2.75) is 18.4 Å². The topological polar surface area (TPSA) is 64.4 Å². The van der Waals surface area contributed by atoms with Crippen LogP contribution in [0.1, 0.15) is 12.8 Å². The lowest BCUT2D eigenvalue weighted by Crippen LogP contribution is -2.54. The van der Waals surface area contributed by atoms with Crippen LogP contribution in [0.4, 0.5) is 0 Å². The van der Waals surface area contributed by atoms with E-state index in [0.29, 0.717) is 26.2 Å². The first-order valence-corrected chi connectivity index (χ1v) is 6.22. The molecule has 0 aromatic heterocycles. The van der Waals surface area contributed by atoms with E-state index in [9.17, 15) is 4.79 Å². The standard InChI is InChI=1S/C9H18N2O2S/c1-14-6-2-4-11-8(12)9(10)3-5-13-7-9/h2-7,10H2,1H3,(H,11,12). The van der Waals surface area contributed by atoms with Crippen LogP contribution in [0.5, 0.6) is 0 Å². The van der Waals surface area contributed by atoms with Crippen LogP contribution in [0.25, 0.3) is 0 Å². The van der Waals surface area contributed by atoms with Crippen molar-refractivity contribution in [1.29, 1.82) is 0 Å². The number of hydrogen-bond acceptors (Lipinski definition) is 4. The zero-order valence-corrected chi connectivity index (χ0v) is 9.36. The summed E-state index contributed by atoms with van der Waals surface area (Å²) in [5, 5.41) is 2.84. The Hall–Kier alpha value is -0.260. The first kappa shape index (κ1) is 11.8. The van der Waals surface area contributed by atoms with Crippen molar-refractivity contribution in [2.75, 3.05) is 31.8 Å². The minimum absolute atomic E-state index is 0.0731. The summed E-state index contributed by atoms with van der Waals surface area (Å²) in [4.78, 5) is 11.6. The van der Waals surface area contributed by atoms with Gasteiger partial charge in [0, 0.05) is 13.2 Å². The molecule has 4 nitrogen and oxygen atoms in total. The molecule has 0 spiro atoms. The van der Waals surface area contributed by atoms with Gasteiger partial charge in [-0.2, -0.15) is 11.8 Å². The maximum absolute atomic E-state index is 11.6. The number of carbonyl (C=O) groups is 1. The maximum Gasteiger partial charge on any atom is 0.242 e. The Morgan fingerprint density at radius 2 is 2.50 bits per heavy atom. The van der Waals surface area contributed by atoms with E-state index in [1.165, 1.54) is 0 Å². The van der Waals surface area contributed by atoms with E-state index in [-0.39, 0.29) is 5.91 Å². The van der Waals surface area contributed by atoms with E-state index in [1.54, 1.807) is 11.8 Å². The third-order valence-corrected chi connectivity index (χ3v) is 3.01. The molecule has 1 amide bonds. The highest BCUT2D eigenvalue weighted by Gasteiger charge is 2.37. The molecule has 3 N–H and O–H groups in total. The highest BCUT2D eigenvalue weighted by Crippen LogP contribution is 2.15. The zero-order valence-electron chi connectivity index (χ0n) is 8.54. The number of ether oxygens (including phenoxy) is 1. The summed E-state index contributed by atoms with van der Waals surface area (Å²) in [5.74, 6) is 0.991. The molecule has 1 rings (SSSR count). The molecule has 1 aliphatic rings. The van der Waals surface area contributed by atoms with Gasteiger partial charge in [0.1, 0.15) is 5.54 Å². The summed E-state index contributed by atoms with van der Waals surface area (Å²) in [6.07, 6.45) is 3.67. The Balaban J connectivity index is 2.20.